The summed E-state index contributed by atoms with van der Waals surface area (Å²) in [5.74, 6) is 0.243. The Morgan fingerprint density at radius 1 is 1.44 bits per heavy atom. The van der Waals surface area contributed by atoms with E-state index in [9.17, 15) is 4.79 Å². The van der Waals surface area contributed by atoms with E-state index < -0.39 is 0 Å². The summed E-state index contributed by atoms with van der Waals surface area (Å²) in [5.41, 5.74) is 1.35. The third-order valence-corrected chi connectivity index (χ3v) is 2.75. The van der Waals surface area contributed by atoms with Gasteiger partial charge >= 0.3 is 5.97 Å². The van der Waals surface area contributed by atoms with Crippen LogP contribution in [0.1, 0.15) is 17.9 Å². The van der Waals surface area contributed by atoms with Crippen LogP contribution in [0.3, 0.4) is 0 Å². The number of methoxy groups -OCH3 is 1. The topological polar surface area (TPSA) is 38.3 Å². The van der Waals surface area contributed by atoms with Gasteiger partial charge in [-0.05, 0) is 12.0 Å². The maximum absolute atomic E-state index is 10.8. The first-order valence-corrected chi connectivity index (χ1v) is 5.37. The van der Waals surface area contributed by atoms with E-state index in [-0.39, 0.29) is 5.97 Å². The number of esters is 1. The second-order valence-electron chi connectivity index (χ2n) is 3.88. The zero-order chi connectivity index (χ0) is 11.4. The Morgan fingerprint density at radius 3 is 2.88 bits per heavy atom. The van der Waals surface area contributed by atoms with Crippen LogP contribution in [-0.2, 0) is 9.53 Å². The fourth-order valence-corrected chi connectivity index (χ4v) is 1.76. The van der Waals surface area contributed by atoms with E-state index >= 15 is 0 Å². The van der Waals surface area contributed by atoms with Crippen molar-refractivity contribution in [3.05, 3.63) is 48.2 Å². The Labute approximate surface area is 95.1 Å². The monoisotopic (exact) mass is 217 g/mol. The minimum absolute atomic E-state index is 0.329. The molecule has 1 aromatic carbocycles. The van der Waals surface area contributed by atoms with Crippen molar-refractivity contribution in [1.29, 1.82) is 0 Å². The second-order valence-corrected chi connectivity index (χ2v) is 3.88. The Balaban J connectivity index is 1.80. The number of ether oxygens (including phenoxy) is 1. The predicted octanol–water partition coefficient (Wildman–Crippen LogP) is 1.82. The lowest BCUT2D eigenvalue weighted by atomic mass is 10.1. The Bertz CT molecular complexity index is 386. The van der Waals surface area contributed by atoms with Crippen LogP contribution in [0.2, 0.25) is 0 Å². The molecule has 84 valence electrons. The van der Waals surface area contributed by atoms with Gasteiger partial charge in [0.15, 0.2) is 0 Å². The zero-order valence-electron chi connectivity index (χ0n) is 9.22. The van der Waals surface area contributed by atoms with Gasteiger partial charge in [-0.3, -0.25) is 0 Å². The van der Waals surface area contributed by atoms with E-state index in [0.717, 1.165) is 6.42 Å². The number of nitrogens with one attached hydrogen (secondary N) is 1. The van der Waals surface area contributed by atoms with Crippen molar-refractivity contribution < 1.29 is 9.53 Å². The van der Waals surface area contributed by atoms with Gasteiger partial charge in [0, 0.05) is 24.2 Å². The number of hydrogen-bond acceptors (Lipinski definition) is 3. The van der Waals surface area contributed by atoms with Crippen LogP contribution in [0.5, 0.6) is 0 Å². The van der Waals surface area contributed by atoms with E-state index in [2.05, 4.69) is 34.3 Å². The summed E-state index contributed by atoms with van der Waals surface area (Å²) >= 11 is 0. The normalized spacial score (nSPS) is 23.1. The number of benzene rings is 1. The van der Waals surface area contributed by atoms with Crippen molar-refractivity contribution in [2.75, 3.05) is 7.11 Å². The molecule has 1 fully saturated rings. The molecular weight excluding hydrogens is 202 g/mol. The lowest BCUT2D eigenvalue weighted by Gasteiger charge is -2.00. The van der Waals surface area contributed by atoms with Gasteiger partial charge in [-0.2, -0.15) is 0 Å². The van der Waals surface area contributed by atoms with Gasteiger partial charge < -0.3 is 10.1 Å². The smallest absolute Gasteiger partial charge is 0.331 e. The van der Waals surface area contributed by atoms with Crippen LogP contribution in [0.4, 0.5) is 0 Å². The second kappa shape index (κ2) is 4.84. The molecule has 0 aliphatic heterocycles. The van der Waals surface area contributed by atoms with Crippen LogP contribution in [0.25, 0.3) is 0 Å². The van der Waals surface area contributed by atoms with Crippen LogP contribution in [0, 0.1) is 0 Å². The molecule has 0 amide bonds. The first kappa shape index (κ1) is 10.7. The number of carbonyl (C=O) groups is 1. The summed E-state index contributed by atoms with van der Waals surface area (Å²) in [4.78, 5) is 10.8. The van der Waals surface area contributed by atoms with Crippen LogP contribution >= 0.6 is 0 Å². The highest BCUT2D eigenvalue weighted by Gasteiger charge is 2.37. The quantitative estimate of drug-likeness (QED) is 0.617. The van der Waals surface area contributed by atoms with Gasteiger partial charge in [0.1, 0.15) is 0 Å². The van der Waals surface area contributed by atoms with E-state index in [1.165, 1.54) is 18.7 Å². The van der Waals surface area contributed by atoms with Gasteiger partial charge in [-0.25, -0.2) is 4.79 Å². The molecule has 1 aromatic rings. The van der Waals surface area contributed by atoms with Gasteiger partial charge in [-0.15, -0.1) is 0 Å². The van der Waals surface area contributed by atoms with Crippen molar-refractivity contribution in [3.8, 4) is 0 Å². The summed E-state index contributed by atoms with van der Waals surface area (Å²) in [6.07, 6.45) is 4.19. The van der Waals surface area contributed by atoms with E-state index in [1.807, 2.05) is 6.07 Å². The summed E-state index contributed by atoms with van der Waals surface area (Å²) in [6.45, 7) is 0. The predicted molar refractivity (Wildman–Crippen MR) is 61.9 cm³/mol. The molecule has 1 N–H and O–H groups in total. The molecule has 3 nitrogen and oxygen atoms in total. The van der Waals surface area contributed by atoms with Crippen molar-refractivity contribution in [2.45, 2.75) is 18.4 Å². The fourth-order valence-electron chi connectivity index (χ4n) is 1.76. The SMILES string of the molecule is COC(=O)/C=C/NC1CC1c1ccccc1. The number of carbonyl (C=O) groups excluding carboxylic acids is 1. The molecule has 0 saturated heterocycles. The molecule has 2 rings (SSSR count). The fraction of sp³-hybridized carbons (Fsp3) is 0.308. The maximum Gasteiger partial charge on any atom is 0.331 e. The minimum atomic E-state index is -0.329. The summed E-state index contributed by atoms with van der Waals surface area (Å²) in [6, 6.07) is 10.8. The third-order valence-electron chi connectivity index (χ3n) is 2.75. The highest BCUT2D eigenvalue weighted by atomic mass is 16.5. The van der Waals surface area contributed by atoms with Crippen LogP contribution in [0.15, 0.2) is 42.6 Å². The minimum Gasteiger partial charge on any atom is -0.466 e. The molecule has 0 spiro atoms. The van der Waals surface area contributed by atoms with Gasteiger partial charge in [-0.1, -0.05) is 30.3 Å². The summed E-state index contributed by atoms with van der Waals surface area (Å²) < 4.78 is 4.50. The van der Waals surface area contributed by atoms with Gasteiger partial charge in [0.25, 0.3) is 0 Å². The molecule has 0 aromatic heterocycles. The molecule has 1 aliphatic carbocycles. The Hall–Kier alpha value is -1.77. The van der Waals surface area contributed by atoms with Gasteiger partial charge in [0.05, 0.1) is 7.11 Å². The summed E-state index contributed by atoms with van der Waals surface area (Å²) in [7, 11) is 1.37. The lowest BCUT2D eigenvalue weighted by Crippen LogP contribution is -2.10. The van der Waals surface area contributed by atoms with Crippen molar-refractivity contribution in [2.24, 2.45) is 0 Å². The molecule has 0 radical (unpaired) electrons. The van der Waals surface area contributed by atoms with E-state index in [4.69, 9.17) is 0 Å². The van der Waals surface area contributed by atoms with E-state index in [1.54, 1.807) is 6.20 Å². The molecule has 3 heteroatoms. The van der Waals surface area contributed by atoms with Crippen molar-refractivity contribution in [3.63, 3.8) is 0 Å². The first-order chi connectivity index (χ1) is 7.81. The number of rotatable bonds is 4. The van der Waals surface area contributed by atoms with Crippen LogP contribution < -0.4 is 5.32 Å². The average molecular weight is 217 g/mol. The van der Waals surface area contributed by atoms with Crippen molar-refractivity contribution in [1.82, 2.24) is 5.32 Å². The third kappa shape index (κ3) is 2.63. The largest absolute Gasteiger partial charge is 0.466 e. The molecule has 2 unspecified atom stereocenters. The standard InChI is InChI=1S/C13H15NO2/c1-16-13(15)7-8-14-12-9-11(12)10-5-3-2-4-6-10/h2-8,11-12,14H,9H2,1H3/b8-7+. The maximum atomic E-state index is 10.8. The molecule has 2 atom stereocenters. The Kier molecular flexibility index (Phi) is 3.25. The molecule has 1 aliphatic rings. The molecular formula is C13H15NO2. The first-order valence-electron chi connectivity index (χ1n) is 5.37. The number of hydrogen-bond donors (Lipinski definition) is 1. The molecule has 0 bridgehead atoms. The van der Waals surface area contributed by atoms with Gasteiger partial charge in [0.2, 0.25) is 0 Å². The Morgan fingerprint density at radius 2 is 2.19 bits per heavy atom. The van der Waals surface area contributed by atoms with Crippen molar-refractivity contribution >= 4 is 5.97 Å². The molecule has 1 saturated carbocycles. The highest BCUT2D eigenvalue weighted by Crippen LogP contribution is 2.40. The molecule has 0 heterocycles. The summed E-state index contributed by atoms with van der Waals surface area (Å²) in [5, 5.41) is 3.19. The zero-order valence-corrected chi connectivity index (χ0v) is 9.22. The average Bonchev–Trinajstić information content (AvgIpc) is 3.09. The van der Waals surface area contributed by atoms with Crippen LogP contribution in [-0.4, -0.2) is 19.1 Å². The lowest BCUT2D eigenvalue weighted by molar-refractivity contribution is -0.134. The molecule has 16 heavy (non-hydrogen) atoms. The van der Waals surface area contributed by atoms with E-state index in [0.29, 0.717) is 12.0 Å². The highest BCUT2D eigenvalue weighted by molar-refractivity contribution is 5.81.